The molecule has 2 saturated heterocycles. The first-order chi connectivity index (χ1) is 12.0. The van der Waals surface area contributed by atoms with Crippen LogP contribution >= 0.6 is 0 Å². The lowest BCUT2D eigenvalue weighted by atomic mass is 9.54. The Labute approximate surface area is 146 Å². The molecule has 0 aliphatic carbocycles. The average molecular weight is 332 g/mol. The van der Waals surface area contributed by atoms with Crippen LogP contribution in [0.2, 0.25) is 0 Å². The van der Waals surface area contributed by atoms with Crippen molar-refractivity contribution in [3.63, 3.8) is 0 Å². The number of nitriles is 3. The Morgan fingerprint density at radius 1 is 1.12 bits per heavy atom. The average Bonchev–Trinajstić information content (AvgIpc) is 2.80. The summed E-state index contributed by atoms with van der Waals surface area (Å²) in [7, 11) is 0. The third kappa shape index (κ3) is 1.71. The summed E-state index contributed by atoms with van der Waals surface area (Å²) in [4.78, 5) is 0. The maximum atomic E-state index is 10.0. The number of ether oxygens (including phenoxy) is 2. The van der Waals surface area contributed by atoms with Crippen molar-refractivity contribution in [3.8, 4) is 18.2 Å². The molecule has 0 amide bonds. The first-order valence-electron chi connectivity index (χ1n) is 7.87. The van der Waals surface area contributed by atoms with Gasteiger partial charge in [-0.25, -0.2) is 0 Å². The second-order valence-corrected chi connectivity index (χ2v) is 6.20. The number of fused-ring (bicyclic) bond motifs is 2. The zero-order chi connectivity index (χ0) is 18.3. The van der Waals surface area contributed by atoms with Crippen LogP contribution in [0.4, 0.5) is 0 Å². The van der Waals surface area contributed by atoms with Gasteiger partial charge in [-0.1, -0.05) is 49.4 Å². The van der Waals surface area contributed by atoms with Gasteiger partial charge >= 0.3 is 0 Å². The molecule has 3 rings (SSSR count). The van der Waals surface area contributed by atoms with Crippen LogP contribution < -0.4 is 0 Å². The number of nitrogens with zero attached hydrogens (tertiary/aromatic N) is 3. The van der Waals surface area contributed by atoms with Gasteiger partial charge < -0.3 is 9.47 Å². The smallest absolute Gasteiger partial charge is 0.244 e. The van der Waals surface area contributed by atoms with E-state index in [1.165, 1.54) is 0 Å². The lowest BCUT2D eigenvalue weighted by Gasteiger charge is -2.47. The minimum absolute atomic E-state index is 0.401. The van der Waals surface area contributed by atoms with E-state index in [0.717, 1.165) is 0 Å². The lowest BCUT2D eigenvalue weighted by molar-refractivity contribution is -0.273. The van der Waals surface area contributed by atoms with Crippen molar-refractivity contribution in [3.05, 3.63) is 48.0 Å². The molecule has 1 N–H and O–H groups in total. The molecule has 6 heteroatoms. The third-order valence-electron chi connectivity index (χ3n) is 5.25. The minimum Gasteiger partial charge on any atom is -0.443 e. The van der Waals surface area contributed by atoms with E-state index in [0.29, 0.717) is 5.56 Å². The van der Waals surface area contributed by atoms with Crippen LogP contribution in [0.3, 0.4) is 0 Å². The lowest BCUT2D eigenvalue weighted by Crippen LogP contribution is -2.60. The highest BCUT2D eigenvalue weighted by Gasteiger charge is 2.79. The predicted octanol–water partition coefficient (Wildman–Crippen LogP) is 3.00. The number of benzene rings is 1. The van der Waals surface area contributed by atoms with Gasteiger partial charge in [0.1, 0.15) is 6.10 Å². The number of hydrogen-bond acceptors (Lipinski definition) is 6. The van der Waals surface area contributed by atoms with E-state index in [1.807, 2.05) is 18.2 Å². The summed E-state index contributed by atoms with van der Waals surface area (Å²) in [6.45, 7) is 3.43. The van der Waals surface area contributed by atoms with Crippen molar-refractivity contribution in [2.24, 2.45) is 16.7 Å². The summed E-state index contributed by atoms with van der Waals surface area (Å²) in [5.74, 6) is -2.52. The van der Waals surface area contributed by atoms with Crippen LogP contribution in [0.25, 0.3) is 0 Å². The molecule has 2 bridgehead atoms. The molecule has 4 atom stereocenters. The summed E-state index contributed by atoms with van der Waals surface area (Å²) >= 11 is 0. The summed E-state index contributed by atoms with van der Waals surface area (Å²) in [5, 5.41) is 38.1. The third-order valence-corrected chi connectivity index (χ3v) is 5.25. The predicted molar refractivity (Wildman–Crippen MR) is 87.5 cm³/mol. The molecule has 124 valence electrons. The maximum Gasteiger partial charge on any atom is 0.244 e. The molecule has 0 radical (unpaired) electrons. The quantitative estimate of drug-likeness (QED) is 0.836. The van der Waals surface area contributed by atoms with Gasteiger partial charge in [-0.2, -0.15) is 15.8 Å². The number of allylic oxidation sites excluding steroid dienone is 1. The van der Waals surface area contributed by atoms with Crippen LogP contribution in [0.5, 0.6) is 0 Å². The summed E-state index contributed by atoms with van der Waals surface area (Å²) in [6.07, 6.45) is 2.23. The van der Waals surface area contributed by atoms with Crippen LogP contribution in [0.15, 0.2) is 42.5 Å². The van der Waals surface area contributed by atoms with Crippen LogP contribution in [-0.4, -0.2) is 12.0 Å². The van der Waals surface area contributed by atoms with E-state index in [9.17, 15) is 15.8 Å². The van der Waals surface area contributed by atoms with Gasteiger partial charge in [-0.05, 0) is 6.92 Å². The van der Waals surface area contributed by atoms with Crippen molar-refractivity contribution in [1.82, 2.24) is 0 Å². The highest BCUT2D eigenvalue weighted by molar-refractivity contribution is 5.89. The van der Waals surface area contributed by atoms with E-state index < -0.39 is 34.5 Å². The fourth-order valence-electron chi connectivity index (χ4n) is 3.92. The fraction of sp³-hybridized carbons (Fsp3) is 0.368. The monoisotopic (exact) mass is 332 g/mol. The molecule has 2 aliphatic heterocycles. The topological polar surface area (TPSA) is 114 Å². The maximum absolute atomic E-state index is 10.0. The summed E-state index contributed by atoms with van der Waals surface area (Å²) in [5.41, 5.74) is -2.96. The largest absolute Gasteiger partial charge is 0.443 e. The minimum atomic E-state index is -1.88. The SMILES string of the molecule is CC=CC1OC2(c3ccccc3)OC(=N)C(C#N)(C2C)C1(C#N)C#N. The van der Waals surface area contributed by atoms with Gasteiger partial charge in [0.2, 0.25) is 17.1 Å². The Bertz CT molecular complexity index is 859. The summed E-state index contributed by atoms with van der Waals surface area (Å²) in [6, 6.07) is 15.0. The Morgan fingerprint density at radius 3 is 2.28 bits per heavy atom. The molecule has 1 aromatic rings. The Hall–Kier alpha value is -3.14. The molecule has 2 heterocycles. The zero-order valence-corrected chi connectivity index (χ0v) is 13.9. The van der Waals surface area contributed by atoms with Crippen LogP contribution in [0.1, 0.15) is 19.4 Å². The molecular formula is C19H16N4O2. The van der Waals surface area contributed by atoms with Crippen molar-refractivity contribution in [2.45, 2.75) is 25.7 Å². The van der Waals surface area contributed by atoms with Gasteiger partial charge in [-0.3, -0.25) is 5.41 Å². The Kier molecular flexibility index (Phi) is 3.64. The van der Waals surface area contributed by atoms with Crippen molar-refractivity contribution in [1.29, 1.82) is 21.2 Å². The highest BCUT2D eigenvalue weighted by Crippen LogP contribution is 2.65. The number of nitrogens with one attached hydrogen (secondary N) is 1. The second kappa shape index (κ2) is 5.45. The van der Waals surface area contributed by atoms with E-state index in [1.54, 1.807) is 50.3 Å². The molecule has 25 heavy (non-hydrogen) atoms. The standard InChI is InChI=1S/C19H16N4O2/c1-3-7-15-17(10-20,11-21)18(12-22)13(2)19(24-15,25-16(18)23)14-8-5-4-6-9-14/h3-9,13,15,23H,1-2H3. The van der Waals surface area contributed by atoms with E-state index in [4.69, 9.17) is 14.9 Å². The second-order valence-electron chi connectivity index (χ2n) is 6.20. The van der Waals surface area contributed by atoms with Crippen molar-refractivity contribution >= 4 is 5.90 Å². The van der Waals surface area contributed by atoms with Crippen LogP contribution in [-0.2, 0) is 15.3 Å². The molecule has 4 unspecified atom stereocenters. The van der Waals surface area contributed by atoms with E-state index in [2.05, 4.69) is 6.07 Å². The Morgan fingerprint density at radius 2 is 1.76 bits per heavy atom. The molecule has 1 aromatic carbocycles. The molecule has 0 aromatic heterocycles. The zero-order valence-electron chi connectivity index (χ0n) is 13.9. The number of hydrogen-bond donors (Lipinski definition) is 1. The molecular weight excluding hydrogens is 316 g/mol. The van der Waals surface area contributed by atoms with Gasteiger partial charge in [0.05, 0.1) is 24.1 Å². The first-order valence-corrected chi connectivity index (χ1v) is 7.87. The molecule has 2 fully saturated rings. The number of rotatable bonds is 2. The fourth-order valence-corrected chi connectivity index (χ4v) is 3.92. The Balaban J connectivity index is 2.35. The van der Waals surface area contributed by atoms with Gasteiger partial charge in [0.25, 0.3) is 0 Å². The van der Waals surface area contributed by atoms with E-state index in [-0.39, 0.29) is 0 Å². The normalized spacial score (nSPS) is 35.4. The molecule has 6 nitrogen and oxygen atoms in total. The van der Waals surface area contributed by atoms with E-state index >= 15 is 0 Å². The molecule has 2 aliphatic rings. The van der Waals surface area contributed by atoms with Gasteiger partial charge in [0, 0.05) is 5.56 Å². The first kappa shape index (κ1) is 16.7. The summed E-state index contributed by atoms with van der Waals surface area (Å²) < 4.78 is 12.0. The highest BCUT2D eigenvalue weighted by atomic mass is 16.7. The molecule has 0 spiro atoms. The molecule has 0 saturated carbocycles. The van der Waals surface area contributed by atoms with Crippen LogP contribution in [0, 0.1) is 56.2 Å². The van der Waals surface area contributed by atoms with Gasteiger partial charge in [-0.15, -0.1) is 0 Å². The van der Waals surface area contributed by atoms with Gasteiger partial charge in [0.15, 0.2) is 5.41 Å². The van der Waals surface area contributed by atoms with Crippen molar-refractivity contribution < 1.29 is 9.47 Å². The van der Waals surface area contributed by atoms with Crippen molar-refractivity contribution in [2.75, 3.05) is 0 Å².